The normalized spacial score (nSPS) is 10.2. The minimum absolute atomic E-state index is 0.0570. The molecule has 17 heavy (non-hydrogen) atoms. The molecule has 0 saturated heterocycles. The summed E-state index contributed by atoms with van der Waals surface area (Å²) in [5.41, 5.74) is 6.18. The van der Waals surface area contributed by atoms with Gasteiger partial charge in [0.1, 0.15) is 0 Å². The van der Waals surface area contributed by atoms with Crippen molar-refractivity contribution in [1.82, 2.24) is 0 Å². The van der Waals surface area contributed by atoms with Crippen molar-refractivity contribution < 1.29 is 18.7 Å². The summed E-state index contributed by atoms with van der Waals surface area (Å²) >= 11 is 0. The van der Waals surface area contributed by atoms with Crippen LogP contribution in [0, 0.1) is 12.7 Å². The number of rotatable bonds is 5. The summed E-state index contributed by atoms with van der Waals surface area (Å²) in [4.78, 5) is 11.9. The first kappa shape index (κ1) is 13.4. The molecule has 1 rings (SSSR count). The van der Waals surface area contributed by atoms with Crippen LogP contribution in [0.15, 0.2) is 6.07 Å². The monoisotopic (exact) mass is 241 g/mol. The molecule has 0 spiro atoms. The van der Waals surface area contributed by atoms with E-state index >= 15 is 0 Å². The van der Waals surface area contributed by atoms with E-state index in [2.05, 4.69) is 0 Å². The van der Waals surface area contributed by atoms with Crippen LogP contribution in [0.2, 0.25) is 0 Å². The van der Waals surface area contributed by atoms with Gasteiger partial charge in [-0.2, -0.15) is 0 Å². The molecular weight excluding hydrogens is 225 g/mol. The lowest BCUT2D eigenvalue weighted by atomic mass is 10.0. The molecule has 0 aromatic heterocycles. The molecular formula is C12H16FNO3. The van der Waals surface area contributed by atoms with E-state index < -0.39 is 5.82 Å². The molecule has 2 N–H and O–H groups in total. The Morgan fingerprint density at radius 3 is 2.41 bits per heavy atom. The topological polar surface area (TPSA) is 61.5 Å². The molecule has 0 aliphatic rings. The van der Waals surface area contributed by atoms with E-state index in [9.17, 15) is 9.18 Å². The zero-order chi connectivity index (χ0) is 13.0. The molecule has 94 valence electrons. The van der Waals surface area contributed by atoms with Crippen molar-refractivity contribution in [3.8, 4) is 11.5 Å². The summed E-state index contributed by atoms with van der Waals surface area (Å²) in [6.45, 7) is 1.88. The number of ether oxygens (including phenoxy) is 2. The van der Waals surface area contributed by atoms with Gasteiger partial charge in [-0.15, -0.1) is 0 Å². The second kappa shape index (κ2) is 5.63. The molecule has 0 aliphatic heterocycles. The van der Waals surface area contributed by atoms with Gasteiger partial charge in [0.15, 0.2) is 23.1 Å². The van der Waals surface area contributed by atoms with E-state index in [0.29, 0.717) is 11.1 Å². The number of methoxy groups -OCH3 is 2. The van der Waals surface area contributed by atoms with E-state index in [1.165, 1.54) is 20.3 Å². The van der Waals surface area contributed by atoms with Gasteiger partial charge in [0.25, 0.3) is 0 Å². The van der Waals surface area contributed by atoms with Crippen molar-refractivity contribution in [3.05, 3.63) is 23.0 Å². The number of aryl methyl sites for hydroxylation is 1. The Hall–Kier alpha value is -1.62. The lowest BCUT2D eigenvalue weighted by molar-refractivity contribution is 0.0981. The van der Waals surface area contributed by atoms with Crippen LogP contribution in [-0.2, 0) is 0 Å². The minimum atomic E-state index is -0.550. The molecule has 0 bridgehead atoms. The maximum Gasteiger partial charge on any atom is 0.197 e. The fourth-order valence-electron chi connectivity index (χ4n) is 1.72. The summed E-state index contributed by atoms with van der Waals surface area (Å²) < 4.78 is 23.6. The summed E-state index contributed by atoms with van der Waals surface area (Å²) in [6, 6.07) is 1.26. The highest BCUT2D eigenvalue weighted by Crippen LogP contribution is 2.36. The highest BCUT2D eigenvalue weighted by atomic mass is 19.1. The number of hydrogen-bond donors (Lipinski definition) is 1. The van der Waals surface area contributed by atoms with Gasteiger partial charge in [0, 0.05) is 6.42 Å². The molecule has 0 atom stereocenters. The van der Waals surface area contributed by atoms with E-state index in [0.717, 1.165) is 0 Å². The molecule has 0 unspecified atom stereocenters. The third-order valence-electron chi connectivity index (χ3n) is 2.45. The maximum atomic E-state index is 13.6. The van der Waals surface area contributed by atoms with Crippen LogP contribution < -0.4 is 15.2 Å². The van der Waals surface area contributed by atoms with E-state index in [1.54, 1.807) is 6.92 Å². The number of ketones is 1. The van der Waals surface area contributed by atoms with Crippen LogP contribution in [0.4, 0.5) is 4.39 Å². The van der Waals surface area contributed by atoms with E-state index in [-0.39, 0.29) is 30.2 Å². The van der Waals surface area contributed by atoms with E-state index in [1.807, 2.05) is 0 Å². The Morgan fingerprint density at radius 1 is 1.35 bits per heavy atom. The summed E-state index contributed by atoms with van der Waals surface area (Å²) in [5.74, 6) is -0.659. The molecule has 0 radical (unpaired) electrons. The van der Waals surface area contributed by atoms with Gasteiger partial charge in [-0.25, -0.2) is 4.39 Å². The van der Waals surface area contributed by atoms with Gasteiger partial charge in [0.05, 0.1) is 19.8 Å². The van der Waals surface area contributed by atoms with Gasteiger partial charge in [0.2, 0.25) is 0 Å². The van der Waals surface area contributed by atoms with E-state index in [4.69, 9.17) is 15.2 Å². The second-order valence-electron chi connectivity index (χ2n) is 3.58. The standard InChI is InChI=1S/C12H16FNO3/c1-7-6-8(13)11(16-2)12(17-3)10(7)9(15)4-5-14/h6H,4-5,14H2,1-3H3. The van der Waals surface area contributed by atoms with Crippen LogP contribution in [0.3, 0.4) is 0 Å². The van der Waals surface area contributed by atoms with Crippen LogP contribution >= 0.6 is 0 Å². The molecule has 0 heterocycles. The minimum Gasteiger partial charge on any atom is -0.492 e. The second-order valence-corrected chi connectivity index (χ2v) is 3.58. The highest BCUT2D eigenvalue weighted by Gasteiger charge is 2.22. The van der Waals surface area contributed by atoms with Crippen molar-refractivity contribution in [2.24, 2.45) is 5.73 Å². The Bertz CT molecular complexity index is 432. The first-order valence-corrected chi connectivity index (χ1v) is 5.21. The fourth-order valence-corrected chi connectivity index (χ4v) is 1.72. The Morgan fingerprint density at radius 2 is 1.94 bits per heavy atom. The Labute approximate surface area is 99.5 Å². The van der Waals surface area contributed by atoms with Crippen LogP contribution in [0.5, 0.6) is 11.5 Å². The molecule has 0 aliphatic carbocycles. The largest absolute Gasteiger partial charge is 0.492 e. The smallest absolute Gasteiger partial charge is 0.197 e. The third-order valence-corrected chi connectivity index (χ3v) is 2.45. The SMILES string of the molecule is COc1c(F)cc(C)c(C(=O)CCN)c1OC. The average Bonchev–Trinajstić information content (AvgIpc) is 2.28. The first-order valence-electron chi connectivity index (χ1n) is 5.21. The van der Waals surface area contributed by atoms with Gasteiger partial charge in [-0.05, 0) is 25.1 Å². The molecule has 0 saturated carbocycles. The predicted octanol–water partition coefficient (Wildman–Crippen LogP) is 1.68. The molecule has 4 nitrogen and oxygen atoms in total. The molecule has 0 amide bonds. The molecule has 5 heteroatoms. The van der Waals surface area contributed by atoms with Crippen molar-refractivity contribution in [1.29, 1.82) is 0 Å². The van der Waals surface area contributed by atoms with Crippen molar-refractivity contribution >= 4 is 5.78 Å². The lowest BCUT2D eigenvalue weighted by Gasteiger charge is -2.15. The van der Waals surface area contributed by atoms with Gasteiger partial charge >= 0.3 is 0 Å². The zero-order valence-electron chi connectivity index (χ0n) is 10.2. The quantitative estimate of drug-likeness (QED) is 0.797. The average molecular weight is 241 g/mol. The number of halogens is 1. The van der Waals surface area contributed by atoms with Crippen molar-refractivity contribution in [2.45, 2.75) is 13.3 Å². The van der Waals surface area contributed by atoms with Gasteiger partial charge in [-0.1, -0.05) is 0 Å². The number of carbonyl (C=O) groups is 1. The first-order chi connectivity index (χ1) is 8.06. The summed E-state index contributed by atoms with van der Waals surface area (Å²) in [6.07, 6.45) is 0.186. The molecule has 1 aromatic carbocycles. The fraction of sp³-hybridized carbons (Fsp3) is 0.417. The number of benzene rings is 1. The maximum absolute atomic E-state index is 13.6. The van der Waals surface area contributed by atoms with Crippen LogP contribution in [0.1, 0.15) is 22.3 Å². The number of nitrogens with two attached hydrogens (primary N) is 1. The van der Waals surface area contributed by atoms with Crippen LogP contribution in [-0.4, -0.2) is 26.5 Å². The van der Waals surface area contributed by atoms with Crippen molar-refractivity contribution in [2.75, 3.05) is 20.8 Å². The zero-order valence-corrected chi connectivity index (χ0v) is 10.2. The predicted molar refractivity (Wildman–Crippen MR) is 62.2 cm³/mol. The van der Waals surface area contributed by atoms with Crippen molar-refractivity contribution in [3.63, 3.8) is 0 Å². The number of carbonyl (C=O) groups excluding carboxylic acids is 1. The summed E-state index contributed by atoms with van der Waals surface area (Å²) in [7, 11) is 2.70. The Balaban J connectivity index is 3.41. The Kier molecular flexibility index (Phi) is 4.45. The van der Waals surface area contributed by atoms with Crippen LogP contribution in [0.25, 0.3) is 0 Å². The highest BCUT2D eigenvalue weighted by molar-refractivity contribution is 6.01. The number of Topliss-reactive ketones (excluding diaryl/α,β-unsaturated/α-hetero) is 1. The van der Waals surface area contributed by atoms with Gasteiger partial charge < -0.3 is 15.2 Å². The number of hydrogen-bond acceptors (Lipinski definition) is 4. The lowest BCUT2D eigenvalue weighted by Crippen LogP contribution is -2.12. The third kappa shape index (κ3) is 2.55. The summed E-state index contributed by atoms with van der Waals surface area (Å²) in [5, 5.41) is 0. The molecule has 1 aromatic rings. The van der Waals surface area contributed by atoms with Gasteiger partial charge in [-0.3, -0.25) is 4.79 Å². The molecule has 0 fully saturated rings.